The molecule has 1 aliphatic heterocycles. The molecule has 28 heavy (non-hydrogen) atoms. The number of para-hydroxylation sites is 1. The number of benzene rings is 1. The summed E-state index contributed by atoms with van der Waals surface area (Å²) in [5.74, 6) is 0.163. The highest BCUT2D eigenvalue weighted by atomic mass is 32.1. The standard InChI is InChI=1S/C20H23N5O2S/c1-20(2,27)18-12-16(23-28-18)14-6-5-11-24(13-14)19(26)15-7-3-4-8-17(15)25-21-9-10-22-25/h3-4,7-10,12,14,27H,5-6,11,13H2,1-2H3. The largest absolute Gasteiger partial charge is 0.385 e. The van der Waals surface area contributed by atoms with Gasteiger partial charge in [-0.05, 0) is 56.4 Å². The van der Waals surface area contributed by atoms with Gasteiger partial charge in [0.1, 0.15) is 0 Å². The van der Waals surface area contributed by atoms with Crippen molar-refractivity contribution in [2.24, 2.45) is 0 Å². The quantitative estimate of drug-likeness (QED) is 0.732. The van der Waals surface area contributed by atoms with Gasteiger partial charge < -0.3 is 10.0 Å². The van der Waals surface area contributed by atoms with Crippen LogP contribution in [0.3, 0.4) is 0 Å². The zero-order chi connectivity index (χ0) is 19.7. The molecule has 3 heterocycles. The molecule has 1 N–H and O–H groups in total. The number of carbonyl (C=O) groups is 1. The number of carbonyl (C=O) groups excluding carboxylic acids is 1. The summed E-state index contributed by atoms with van der Waals surface area (Å²) in [6.45, 7) is 4.87. The number of amides is 1. The van der Waals surface area contributed by atoms with Crippen molar-refractivity contribution in [1.82, 2.24) is 24.3 Å². The van der Waals surface area contributed by atoms with Gasteiger partial charge in [-0.25, -0.2) is 0 Å². The van der Waals surface area contributed by atoms with E-state index in [0.29, 0.717) is 17.8 Å². The van der Waals surface area contributed by atoms with Crippen molar-refractivity contribution < 1.29 is 9.90 Å². The first kappa shape index (κ1) is 18.8. The van der Waals surface area contributed by atoms with Crippen LogP contribution in [-0.4, -0.2) is 48.4 Å². The monoisotopic (exact) mass is 397 g/mol. The summed E-state index contributed by atoms with van der Waals surface area (Å²) < 4.78 is 4.55. The van der Waals surface area contributed by atoms with Crippen molar-refractivity contribution in [2.75, 3.05) is 13.1 Å². The first-order chi connectivity index (χ1) is 13.4. The SMILES string of the molecule is CC(C)(O)c1cc(C2CCCN(C(=O)c3ccccc3-n3nccn3)C2)ns1. The highest BCUT2D eigenvalue weighted by Crippen LogP contribution is 2.32. The summed E-state index contributed by atoms with van der Waals surface area (Å²) in [4.78, 5) is 17.5. The van der Waals surface area contributed by atoms with Gasteiger partial charge in [-0.3, -0.25) is 4.79 Å². The third-order valence-electron chi connectivity index (χ3n) is 5.03. The first-order valence-electron chi connectivity index (χ1n) is 9.38. The molecule has 1 aromatic carbocycles. The third kappa shape index (κ3) is 3.70. The van der Waals surface area contributed by atoms with Crippen LogP contribution >= 0.6 is 11.5 Å². The predicted octanol–water partition coefficient (Wildman–Crippen LogP) is 2.97. The molecule has 4 rings (SSSR count). The van der Waals surface area contributed by atoms with Gasteiger partial charge in [-0.15, -0.1) is 0 Å². The Morgan fingerprint density at radius 2 is 2.00 bits per heavy atom. The summed E-state index contributed by atoms with van der Waals surface area (Å²) in [6, 6.07) is 9.38. The molecule has 8 heteroatoms. The Labute approximate surface area is 167 Å². The highest BCUT2D eigenvalue weighted by Gasteiger charge is 2.29. The van der Waals surface area contributed by atoms with Crippen molar-refractivity contribution in [3.63, 3.8) is 0 Å². The van der Waals surface area contributed by atoms with Crippen molar-refractivity contribution in [3.05, 3.63) is 58.9 Å². The molecule has 0 saturated carbocycles. The number of likely N-dealkylation sites (tertiary alicyclic amines) is 1. The van der Waals surface area contributed by atoms with E-state index in [1.54, 1.807) is 26.2 Å². The van der Waals surface area contributed by atoms with E-state index in [1.165, 1.54) is 16.3 Å². The fraction of sp³-hybridized carbons (Fsp3) is 0.400. The lowest BCUT2D eigenvalue weighted by atomic mass is 9.93. The number of aromatic nitrogens is 4. The molecule has 2 aromatic heterocycles. The summed E-state index contributed by atoms with van der Waals surface area (Å²) in [6.07, 6.45) is 5.11. The van der Waals surface area contributed by atoms with Crippen LogP contribution in [0.5, 0.6) is 0 Å². The highest BCUT2D eigenvalue weighted by molar-refractivity contribution is 7.06. The topological polar surface area (TPSA) is 84.1 Å². The zero-order valence-corrected chi connectivity index (χ0v) is 16.8. The number of aliphatic hydroxyl groups is 1. The number of nitrogens with zero attached hydrogens (tertiary/aromatic N) is 5. The molecule has 146 valence electrons. The van der Waals surface area contributed by atoms with E-state index in [9.17, 15) is 9.90 Å². The van der Waals surface area contributed by atoms with E-state index in [1.807, 2.05) is 35.2 Å². The van der Waals surface area contributed by atoms with Gasteiger partial charge in [-0.1, -0.05) is 12.1 Å². The zero-order valence-electron chi connectivity index (χ0n) is 15.9. The second-order valence-corrected chi connectivity index (χ2v) is 8.41. The first-order valence-corrected chi connectivity index (χ1v) is 10.2. The molecule has 7 nitrogen and oxygen atoms in total. The molecule has 1 amide bonds. The van der Waals surface area contributed by atoms with Gasteiger partial charge >= 0.3 is 0 Å². The maximum Gasteiger partial charge on any atom is 0.256 e. The lowest BCUT2D eigenvalue weighted by Gasteiger charge is -2.32. The molecule has 0 spiro atoms. The third-order valence-corrected chi connectivity index (χ3v) is 6.14. The number of hydrogen-bond acceptors (Lipinski definition) is 6. The molecule has 3 aromatic rings. The van der Waals surface area contributed by atoms with Crippen LogP contribution in [0.25, 0.3) is 5.69 Å². The lowest BCUT2D eigenvalue weighted by Crippen LogP contribution is -2.39. The second-order valence-electron chi connectivity index (χ2n) is 7.60. The normalized spacial score (nSPS) is 17.7. The van der Waals surface area contributed by atoms with Crippen molar-refractivity contribution in [2.45, 2.75) is 38.2 Å². The minimum absolute atomic E-state index is 0.0180. The van der Waals surface area contributed by atoms with Crippen LogP contribution in [-0.2, 0) is 5.60 Å². The molecule has 1 aliphatic rings. The molecular formula is C20H23N5O2S. The van der Waals surface area contributed by atoms with Crippen LogP contribution in [0.4, 0.5) is 0 Å². The van der Waals surface area contributed by atoms with Crippen LogP contribution < -0.4 is 0 Å². The Hall–Kier alpha value is -2.58. The smallest absolute Gasteiger partial charge is 0.256 e. The Balaban J connectivity index is 1.56. The Morgan fingerprint density at radius 3 is 2.71 bits per heavy atom. The van der Waals surface area contributed by atoms with Crippen LogP contribution in [0, 0.1) is 0 Å². The van der Waals surface area contributed by atoms with E-state index in [0.717, 1.165) is 30.0 Å². The van der Waals surface area contributed by atoms with Crippen molar-refractivity contribution in [1.29, 1.82) is 0 Å². The van der Waals surface area contributed by atoms with E-state index in [2.05, 4.69) is 14.6 Å². The molecular weight excluding hydrogens is 374 g/mol. The maximum absolute atomic E-state index is 13.3. The van der Waals surface area contributed by atoms with Gasteiger partial charge in [0.2, 0.25) is 0 Å². The number of hydrogen-bond donors (Lipinski definition) is 1. The van der Waals surface area contributed by atoms with E-state index in [4.69, 9.17) is 0 Å². The maximum atomic E-state index is 13.3. The second kappa shape index (κ2) is 7.44. The van der Waals surface area contributed by atoms with E-state index >= 15 is 0 Å². The van der Waals surface area contributed by atoms with Crippen LogP contribution in [0.1, 0.15) is 53.5 Å². The Kier molecular flexibility index (Phi) is 4.99. The Bertz CT molecular complexity index is 961. The summed E-state index contributed by atoms with van der Waals surface area (Å²) in [5, 5.41) is 18.5. The van der Waals surface area contributed by atoms with Gasteiger partial charge in [0.25, 0.3) is 5.91 Å². The minimum Gasteiger partial charge on any atom is -0.385 e. The Morgan fingerprint density at radius 1 is 1.25 bits per heavy atom. The summed E-state index contributed by atoms with van der Waals surface area (Å²) >= 11 is 1.33. The van der Waals surface area contributed by atoms with Crippen LogP contribution in [0.2, 0.25) is 0 Å². The molecule has 0 radical (unpaired) electrons. The van der Waals surface area contributed by atoms with Gasteiger partial charge in [0.15, 0.2) is 0 Å². The van der Waals surface area contributed by atoms with E-state index in [-0.39, 0.29) is 11.8 Å². The average Bonchev–Trinajstić information content (AvgIpc) is 3.39. The fourth-order valence-electron chi connectivity index (χ4n) is 3.51. The van der Waals surface area contributed by atoms with Gasteiger partial charge in [0.05, 0.1) is 39.8 Å². The number of piperidine rings is 1. The van der Waals surface area contributed by atoms with Crippen molar-refractivity contribution in [3.8, 4) is 5.69 Å². The van der Waals surface area contributed by atoms with Crippen LogP contribution in [0.15, 0.2) is 42.7 Å². The summed E-state index contributed by atoms with van der Waals surface area (Å²) in [7, 11) is 0. The van der Waals surface area contributed by atoms with Gasteiger partial charge in [0, 0.05) is 19.0 Å². The molecule has 1 saturated heterocycles. The van der Waals surface area contributed by atoms with E-state index < -0.39 is 5.60 Å². The molecule has 1 fully saturated rings. The lowest BCUT2D eigenvalue weighted by molar-refractivity contribution is 0.0704. The average molecular weight is 398 g/mol. The number of rotatable bonds is 4. The molecule has 0 bridgehead atoms. The fourth-order valence-corrected chi connectivity index (χ4v) is 4.31. The minimum atomic E-state index is -0.893. The predicted molar refractivity (Wildman–Crippen MR) is 107 cm³/mol. The summed E-state index contributed by atoms with van der Waals surface area (Å²) in [5.41, 5.74) is 1.34. The molecule has 1 atom stereocenters. The van der Waals surface area contributed by atoms with Gasteiger partial charge in [-0.2, -0.15) is 19.4 Å². The molecule has 1 unspecified atom stereocenters. The molecule has 0 aliphatic carbocycles. The van der Waals surface area contributed by atoms with Crippen molar-refractivity contribution >= 4 is 17.4 Å².